The van der Waals surface area contributed by atoms with E-state index in [9.17, 15) is 8.78 Å². The van der Waals surface area contributed by atoms with Crippen LogP contribution in [0.4, 0.5) is 8.78 Å². The largest absolute Gasteiger partial charge is 0.361 e. The van der Waals surface area contributed by atoms with Crippen molar-refractivity contribution in [2.75, 3.05) is 13.6 Å². The zero-order valence-corrected chi connectivity index (χ0v) is 14.8. The van der Waals surface area contributed by atoms with Crippen LogP contribution in [0.25, 0.3) is 10.9 Å². The van der Waals surface area contributed by atoms with Crippen LogP contribution in [0, 0.1) is 23.0 Å². The molecule has 5 nitrogen and oxygen atoms in total. The van der Waals surface area contributed by atoms with E-state index >= 15 is 0 Å². The van der Waals surface area contributed by atoms with Crippen LogP contribution in [0.3, 0.4) is 0 Å². The summed E-state index contributed by atoms with van der Waals surface area (Å²) in [5.41, 5.74) is 2.63. The Morgan fingerprint density at radius 2 is 2.00 bits per heavy atom. The molecule has 3 N–H and O–H groups in total. The van der Waals surface area contributed by atoms with Crippen LogP contribution in [0.5, 0.6) is 0 Å². The maximum absolute atomic E-state index is 13.9. The smallest absolute Gasteiger partial charge is 0.191 e. The third kappa shape index (κ3) is 4.42. The summed E-state index contributed by atoms with van der Waals surface area (Å²) in [5.74, 6) is -0.166. The molecule has 1 aromatic heterocycles. The quantitative estimate of drug-likeness (QED) is 0.479. The first kappa shape index (κ1) is 18.4. The zero-order valence-electron chi connectivity index (χ0n) is 14.8. The molecular formula is C20H19F2N5. The molecular weight excluding hydrogens is 348 g/mol. The van der Waals surface area contributed by atoms with E-state index in [0.29, 0.717) is 24.5 Å². The summed E-state index contributed by atoms with van der Waals surface area (Å²) < 4.78 is 27.4. The number of fused-ring (bicyclic) bond motifs is 1. The molecule has 0 aliphatic rings. The lowest BCUT2D eigenvalue weighted by atomic mass is 10.1. The maximum atomic E-state index is 13.9. The second kappa shape index (κ2) is 8.32. The highest BCUT2D eigenvalue weighted by molar-refractivity contribution is 5.83. The van der Waals surface area contributed by atoms with E-state index in [4.69, 9.17) is 5.26 Å². The molecule has 2 aromatic carbocycles. The molecule has 0 saturated heterocycles. The van der Waals surface area contributed by atoms with E-state index in [1.165, 1.54) is 18.2 Å². The molecule has 0 spiro atoms. The number of rotatable bonds is 5. The molecule has 0 aliphatic carbocycles. The van der Waals surface area contributed by atoms with Crippen LogP contribution < -0.4 is 10.6 Å². The summed E-state index contributed by atoms with van der Waals surface area (Å²) in [6.07, 6.45) is 2.55. The van der Waals surface area contributed by atoms with Gasteiger partial charge in [-0.2, -0.15) is 5.26 Å². The number of nitrogens with zero attached hydrogens (tertiary/aromatic N) is 2. The molecule has 0 saturated carbocycles. The predicted molar refractivity (Wildman–Crippen MR) is 101 cm³/mol. The van der Waals surface area contributed by atoms with Crippen LogP contribution in [0.1, 0.15) is 16.7 Å². The van der Waals surface area contributed by atoms with E-state index < -0.39 is 5.82 Å². The lowest BCUT2D eigenvalue weighted by Gasteiger charge is -2.12. The van der Waals surface area contributed by atoms with Crippen LogP contribution >= 0.6 is 0 Å². The third-order valence-corrected chi connectivity index (χ3v) is 4.27. The molecule has 3 aromatic rings. The van der Waals surface area contributed by atoms with Gasteiger partial charge in [-0.1, -0.05) is 6.07 Å². The third-order valence-electron chi connectivity index (χ3n) is 4.27. The fourth-order valence-corrected chi connectivity index (χ4v) is 2.83. The van der Waals surface area contributed by atoms with Gasteiger partial charge in [0.05, 0.1) is 11.6 Å². The lowest BCUT2D eigenvalue weighted by molar-refractivity contribution is 0.604. The van der Waals surface area contributed by atoms with Gasteiger partial charge in [-0.3, -0.25) is 4.99 Å². The molecule has 0 bridgehead atoms. The zero-order chi connectivity index (χ0) is 19.2. The van der Waals surface area contributed by atoms with Gasteiger partial charge in [-0.15, -0.1) is 0 Å². The van der Waals surface area contributed by atoms with Crippen molar-refractivity contribution in [3.63, 3.8) is 0 Å². The van der Waals surface area contributed by atoms with Crippen LogP contribution in [-0.2, 0) is 13.0 Å². The number of hydrogen-bond acceptors (Lipinski definition) is 2. The summed E-state index contributed by atoms with van der Waals surface area (Å²) in [6, 6.07) is 10.9. The van der Waals surface area contributed by atoms with Crippen molar-refractivity contribution in [2.45, 2.75) is 13.0 Å². The van der Waals surface area contributed by atoms with E-state index in [0.717, 1.165) is 16.5 Å². The molecule has 1 heterocycles. The highest BCUT2D eigenvalue weighted by atomic mass is 19.1. The van der Waals surface area contributed by atoms with Gasteiger partial charge in [0.25, 0.3) is 0 Å². The fraction of sp³-hybridized carbons (Fsp3) is 0.200. The van der Waals surface area contributed by atoms with Crippen molar-refractivity contribution in [1.29, 1.82) is 5.26 Å². The van der Waals surface area contributed by atoms with Gasteiger partial charge < -0.3 is 15.6 Å². The second-order valence-electron chi connectivity index (χ2n) is 6.02. The summed E-state index contributed by atoms with van der Waals surface area (Å²) in [6.45, 7) is 0.828. The maximum Gasteiger partial charge on any atom is 0.191 e. The second-order valence-corrected chi connectivity index (χ2v) is 6.02. The van der Waals surface area contributed by atoms with E-state index in [2.05, 4.69) is 20.6 Å². The highest BCUT2D eigenvalue weighted by Gasteiger charge is 2.07. The molecule has 0 radical (unpaired) electrons. The minimum Gasteiger partial charge on any atom is -0.361 e. The number of aromatic amines is 1. The number of guanidine groups is 1. The Morgan fingerprint density at radius 3 is 2.74 bits per heavy atom. The summed E-state index contributed by atoms with van der Waals surface area (Å²) in [7, 11) is 1.63. The minimum absolute atomic E-state index is 0.246. The summed E-state index contributed by atoms with van der Waals surface area (Å²) >= 11 is 0. The first-order chi connectivity index (χ1) is 13.1. The summed E-state index contributed by atoms with van der Waals surface area (Å²) in [5, 5.41) is 15.8. The number of hydrogen-bond donors (Lipinski definition) is 3. The summed E-state index contributed by atoms with van der Waals surface area (Å²) in [4.78, 5) is 7.24. The van der Waals surface area contributed by atoms with Gasteiger partial charge in [0.1, 0.15) is 11.6 Å². The van der Waals surface area contributed by atoms with Gasteiger partial charge in [0.15, 0.2) is 5.96 Å². The van der Waals surface area contributed by atoms with Crippen molar-refractivity contribution < 1.29 is 8.78 Å². The first-order valence-electron chi connectivity index (χ1n) is 8.49. The van der Waals surface area contributed by atoms with Crippen molar-refractivity contribution >= 4 is 16.9 Å². The Hall–Kier alpha value is -3.40. The SMILES string of the molecule is CN=C(NCCc1c[nH]c2ccc(F)cc12)NCc1ccc(C#N)cc1F. The van der Waals surface area contributed by atoms with Gasteiger partial charge in [0.2, 0.25) is 0 Å². The number of nitriles is 1. The first-order valence-corrected chi connectivity index (χ1v) is 8.49. The monoisotopic (exact) mass is 367 g/mol. The number of aliphatic imine (C=N–C) groups is 1. The Kier molecular flexibility index (Phi) is 5.67. The number of aromatic nitrogens is 1. The van der Waals surface area contributed by atoms with Crippen LogP contribution in [0.2, 0.25) is 0 Å². The Balaban J connectivity index is 1.55. The molecule has 0 aliphatic heterocycles. The van der Waals surface area contributed by atoms with Gasteiger partial charge >= 0.3 is 0 Å². The van der Waals surface area contributed by atoms with E-state index in [-0.39, 0.29) is 17.9 Å². The Morgan fingerprint density at radius 1 is 1.15 bits per heavy atom. The number of nitrogens with one attached hydrogen (secondary N) is 3. The molecule has 138 valence electrons. The van der Waals surface area contributed by atoms with E-state index in [1.807, 2.05) is 12.3 Å². The topological polar surface area (TPSA) is 76.0 Å². The normalized spacial score (nSPS) is 11.4. The molecule has 7 heteroatoms. The average Bonchev–Trinajstić information content (AvgIpc) is 3.07. The van der Waals surface area contributed by atoms with Crippen molar-refractivity contribution in [3.05, 3.63) is 70.9 Å². The van der Waals surface area contributed by atoms with Crippen molar-refractivity contribution in [3.8, 4) is 6.07 Å². The average molecular weight is 367 g/mol. The van der Waals surface area contributed by atoms with Crippen molar-refractivity contribution in [2.24, 2.45) is 4.99 Å². The lowest BCUT2D eigenvalue weighted by Crippen LogP contribution is -2.38. The van der Waals surface area contributed by atoms with Gasteiger partial charge in [-0.05, 0) is 42.3 Å². The molecule has 0 fully saturated rings. The van der Waals surface area contributed by atoms with Crippen LogP contribution in [0.15, 0.2) is 47.6 Å². The standard InChI is InChI=1S/C20H19F2N5/c1-24-20(27-12-15-3-2-13(10-23)8-18(15)22)25-7-6-14-11-26-19-5-4-16(21)9-17(14)19/h2-5,8-9,11,26H,6-7,12H2,1H3,(H2,24,25,27). The predicted octanol–water partition coefficient (Wildman–Crippen LogP) is 3.23. The van der Waals surface area contributed by atoms with Crippen LogP contribution in [-0.4, -0.2) is 24.5 Å². The number of H-pyrrole nitrogens is 1. The Bertz CT molecular complexity index is 1020. The molecule has 0 unspecified atom stereocenters. The number of benzene rings is 2. The highest BCUT2D eigenvalue weighted by Crippen LogP contribution is 2.19. The Labute approximate surface area is 155 Å². The van der Waals surface area contributed by atoms with Gasteiger partial charge in [0, 0.05) is 42.8 Å². The molecule has 0 atom stereocenters. The fourth-order valence-electron chi connectivity index (χ4n) is 2.83. The molecule has 3 rings (SSSR count). The molecule has 0 amide bonds. The minimum atomic E-state index is -0.433. The van der Waals surface area contributed by atoms with E-state index in [1.54, 1.807) is 25.2 Å². The molecule has 27 heavy (non-hydrogen) atoms. The number of halogens is 2. The van der Waals surface area contributed by atoms with Gasteiger partial charge in [-0.25, -0.2) is 8.78 Å². The van der Waals surface area contributed by atoms with Crippen molar-refractivity contribution in [1.82, 2.24) is 15.6 Å².